The molecule has 3 aromatic rings. The number of primary amides is 1. The second-order valence-corrected chi connectivity index (χ2v) is 11.0. The van der Waals surface area contributed by atoms with E-state index in [1.807, 2.05) is 13.0 Å². The smallest absolute Gasteiger partial charge is 0.250 e. The highest BCUT2D eigenvalue weighted by Gasteiger charge is 2.34. The van der Waals surface area contributed by atoms with E-state index in [1.165, 1.54) is 23.1 Å². The molecule has 1 aliphatic rings. The van der Waals surface area contributed by atoms with Crippen LogP contribution in [0.2, 0.25) is 5.02 Å². The molecule has 4 rings (SSSR count). The summed E-state index contributed by atoms with van der Waals surface area (Å²) in [6.45, 7) is 2.14. The Labute approximate surface area is 213 Å². The van der Waals surface area contributed by atoms with Crippen molar-refractivity contribution in [2.45, 2.75) is 24.2 Å². The lowest BCUT2D eigenvalue weighted by atomic mass is 9.97. The predicted octanol–water partition coefficient (Wildman–Crippen LogP) is 4.34. The lowest BCUT2D eigenvalue weighted by Gasteiger charge is -2.20. The van der Waals surface area contributed by atoms with Crippen molar-refractivity contribution < 1.29 is 22.7 Å². The molecule has 0 unspecified atom stereocenters. The molecular weight excluding hydrogens is 502 g/mol. The van der Waals surface area contributed by atoms with E-state index < -0.39 is 15.7 Å². The zero-order valence-electron chi connectivity index (χ0n) is 19.5. The van der Waals surface area contributed by atoms with Gasteiger partial charge in [0.1, 0.15) is 17.6 Å². The van der Waals surface area contributed by atoms with Crippen molar-refractivity contribution in [2.24, 2.45) is 5.73 Å². The molecule has 1 saturated heterocycles. The second-order valence-electron chi connectivity index (χ2n) is 8.62. The standard InChI is InChI=1S/C26H22ClN3O5S/c1-15-3-4-16(13-28)22(9-15)35-23-11-18(27)5-7-20(23)17-10-25(31)30(14-17)19-6-8-24(36(2,33)34)21(12-19)26(29)32/h3-9,11-12,17H,10,14H2,1-2H3,(H2,29,32)/t17-/m0/s1. The molecule has 2 N–H and O–H groups in total. The maximum absolute atomic E-state index is 13.0. The number of aryl methyl sites for hydroxylation is 1. The van der Waals surface area contributed by atoms with Crippen LogP contribution >= 0.6 is 11.6 Å². The summed E-state index contributed by atoms with van der Waals surface area (Å²) in [5, 5.41) is 9.91. The number of nitriles is 1. The first-order valence-electron chi connectivity index (χ1n) is 10.9. The van der Waals surface area contributed by atoms with Gasteiger partial charge in [-0.1, -0.05) is 23.7 Å². The number of sulfone groups is 1. The van der Waals surface area contributed by atoms with Crippen molar-refractivity contribution in [3.63, 3.8) is 0 Å². The molecule has 0 spiro atoms. The van der Waals surface area contributed by atoms with Gasteiger partial charge in [-0.05, 0) is 55.0 Å². The zero-order chi connectivity index (χ0) is 26.2. The molecule has 184 valence electrons. The highest BCUT2D eigenvalue weighted by atomic mass is 35.5. The Bertz CT molecular complexity index is 1550. The van der Waals surface area contributed by atoms with Gasteiger partial charge in [0.15, 0.2) is 9.84 Å². The third kappa shape index (κ3) is 5.05. The fraction of sp³-hybridized carbons (Fsp3) is 0.192. The SMILES string of the molecule is Cc1ccc(C#N)c(Oc2cc(Cl)ccc2[C@H]2CC(=O)N(c3ccc(S(C)(=O)=O)c(C(N)=O)c3)C2)c1. The molecule has 0 saturated carbocycles. The molecule has 1 aliphatic heterocycles. The van der Waals surface area contributed by atoms with Crippen LogP contribution in [0.1, 0.15) is 39.4 Å². The second kappa shape index (κ2) is 9.64. The molecular formula is C26H22ClN3O5S. The Kier molecular flexibility index (Phi) is 6.76. The summed E-state index contributed by atoms with van der Waals surface area (Å²) in [5.41, 5.74) is 7.61. The van der Waals surface area contributed by atoms with Crippen LogP contribution < -0.4 is 15.4 Å². The topological polar surface area (TPSA) is 131 Å². The summed E-state index contributed by atoms with van der Waals surface area (Å²) in [4.78, 5) is 26.2. The number of halogens is 1. The first kappa shape index (κ1) is 25.2. The van der Waals surface area contributed by atoms with Gasteiger partial charge in [-0.25, -0.2) is 8.42 Å². The van der Waals surface area contributed by atoms with Crippen molar-refractivity contribution in [1.29, 1.82) is 5.26 Å². The molecule has 1 fully saturated rings. The lowest BCUT2D eigenvalue weighted by molar-refractivity contribution is -0.117. The van der Waals surface area contributed by atoms with Gasteiger partial charge in [-0.2, -0.15) is 5.26 Å². The highest BCUT2D eigenvalue weighted by Crippen LogP contribution is 2.40. The zero-order valence-corrected chi connectivity index (χ0v) is 21.1. The summed E-state index contributed by atoms with van der Waals surface area (Å²) in [7, 11) is -3.69. The monoisotopic (exact) mass is 523 g/mol. The third-order valence-corrected chi connectivity index (χ3v) is 7.35. The van der Waals surface area contributed by atoms with Crippen LogP contribution in [0.3, 0.4) is 0 Å². The number of nitrogens with zero attached hydrogens (tertiary/aromatic N) is 2. The molecule has 36 heavy (non-hydrogen) atoms. The maximum atomic E-state index is 13.0. The van der Waals surface area contributed by atoms with E-state index in [1.54, 1.807) is 30.3 Å². The van der Waals surface area contributed by atoms with E-state index in [0.29, 0.717) is 27.8 Å². The van der Waals surface area contributed by atoms with Crippen LogP contribution in [0.4, 0.5) is 5.69 Å². The lowest BCUT2D eigenvalue weighted by Crippen LogP contribution is -2.25. The fourth-order valence-electron chi connectivity index (χ4n) is 4.23. The molecule has 8 nitrogen and oxygen atoms in total. The summed E-state index contributed by atoms with van der Waals surface area (Å²) in [6.07, 6.45) is 1.14. The van der Waals surface area contributed by atoms with Crippen molar-refractivity contribution in [1.82, 2.24) is 0 Å². The number of anilines is 1. The van der Waals surface area contributed by atoms with E-state index in [0.717, 1.165) is 17.4 Å². The number of amides is 2. The fourth-order valence-corrected chi connectivity index (χ4v) is 5.26. The summed E-state index contributed by atoms with van der Waals surface area (Å²) >= 11 is 6.23. The molecule has 0 radical (unpaired) electrons. The van der Waals surface area contributed by atoms with Crippen molar-refractivity contribution >= 4 is 38.9 Å². The number of rotatable bonds is 6. The summed E-state index contributed by atoms with van der Waals surface area (Å²) in [6, 6.07) is 16.6. The quantitative estimate of drug-likeness (QED) is 0.511. The Morgan fingerprint density at radius 3 is 2.56 bits per heavy atom. The number of carbonyl (C=O) groups excluding carboxylic acids is 2. The van der Waals surface area contributed by atoms with Crippen LogP contribution in [0, 0.1) is 18.3 Å². The molecule has 2 amide bonds. The number of hydrogen-bond donors (Lipinski definition) is 1. The molecule has 3 aromatic carbocycles. The molecule has 1 atom stereocenters. The summed E-state index contributed by atoms with van der Waals surface area (Å²) in [5.74, 6) is -0.595. The number of carbonyl (C=O) groups is 2. The van der Waals surface area contributed by atoms with Crippen LogP contribution in [0.5, 0.6) is 11.5 Å². The Morgan fingerprint density at radius 1 is 1.14 bits per heavy atom. The third-order valence-electron chi connectivity index (χ3n) is 5.96. The van der Waals surface area contributed by atoms with E-state index in [4.69, 9.17) is 22.1 Å². The molecule has 0 aliphatic carbocycles. The van der Waals surface area contributed by atoms with E-state index >= 15 is 0 Å². The highest BCUT2D eigenvalue weighted by molar-refractivity contribution is 7.90. The minimum absolute atomic E-state index is 0.149. The van der Waals surface area contributed by atoms with Crippen molar-refractivity contribution in [3.05, 3.63) is 81.9 Å². The average molecular weight is 524 g/mol. The van der Waals surface area contributed by atoms with Crippen molar-refractivity contribution in [2.75, 3.05) is 17.7 Å². The Balaban J connectivity index is 1.69. The van der Waals surface area contributed by atoms with Crippen molar-refractivity contribution in [3.8, 4) is 17.6 Å². The minimum Gasteiger partial charge on any atom is -0.456 e. The maximum Gasteiger partial charge on any atom is 0.250 e. The van der Waals surface area contributed by atoms with Gasteiger partial charge < -0.3 is 15.4 Å². The average Bonchev–Trinajstić information content (AvgIpc) is 3.19. The van der Waals surface area contributed by atoms with E-state index in [9.17, 15) is 23.3 Å². The van der Waals surface area contributed by atoms with Gasteiger partial charge >= 0.3 is 0 Å². The van der Waals surface area contributed by atoms with Crippen LogP contribution in [-0.2, 0) is 14.6 Å². The van der Waals surface area contributed by atoms with Crippen LogP contribution in [0.15, 0.2) is 59.5 Å². The van der Waals surface area contributed by atoms with Crippen LogP contribution in [-0.4, -0.2) is 33.0 Å². The van der Waals surface area contributed by atoms with Gasteiger partial charge in [0.05, 0.1) is 16.0 Å². The molecule has 0 aromatic heterocycles. The Morgan fingerprint density at radius 2 is 1.89 bits per heavy atom. The van der Waals surface area contributed by atoms with Gasteiger partial charge in [0, 0.05) is 41.4 Å². The largest absolute Gasteiger partial charge is 0.456 e. The predicted molar refractivity (Wildman–Crippen MR) is 135 cm³/mol. The number of hydrogen-bond acceptors (Lipinski definition) is 6. The van der Waals surface area contributed by atoms with Gasteiger partial charge in [0.25, 0.3) is 0 Å². The first-order valence-corrected chi connectivity index (χ1v) is 13.2. The minimum atomic E-state index is -3.69. The molecule has 10 heteroatoms. The van der Waals surface area contributed by atoms with Gasteiger partial charge in [-0.15, -0.1) is 0 Å². The number of ether oxygens (including phenoxy) is 1. The summed E-state index contributed by atoms with van der Waals surface area (Å²) < 4.78 is 30.2. The molecule has 1 heterocycles. The van der Waals surface area contributed by atoms with E-state index in [-0.39, 0.29) is 35.2 Å². The van der Waals surface area contributed by atoms with E-state index in [2.05, 4.69) is 6.07 Å². The van der Waals surface area contributed by atoms with Crippen LogP contribution in [0.25, 0.3) is 0 Å². The molecule has 0 bridgehead atoms. The number of benzene rings is 3. The Hall–Kier alpha value is -3.87. The van der Waals surface area contributed by atoms with Gasteiger partial charge in [0.2, 0.25) is 11.8 Å². The normalized spacial score (nSPS) is 15.6. The van der Waals surface area contributed by atoms with Gasteiger partial charge in [-0.3, -0.25) is 9.59 Å². The first-order chi connectivity index (χ1) is 17.0. The number of nitrogens with two attached hydrogens (primary N) is 1.